The van der Waals surface area contributed by atoms with Crippen molar-refractivity contribution in [2.24, 2.45) is 7.05 Å². The van der Waals surface area contributed by atoms with Crippen LogP contribution in [0.1, 0.15) is 45.6 Å². The molecule has 5 rings (SSSR count). The van der Waals surface area contributed by atoms with E-state index in [4.69, 9.17) is 0 Å². The van der Waals surface area contributed by atoms with Crippen LogP contribution in [0.4, 0.5) is 19.3 Å². The van der Waals surface area contributed by atoms with Crippen LogP contribution in [0.25, 0.3) is 0 Å². The Morgan fingerprint density at radius 2 is 1.81 bits per heavy atom. The van der Waals surface area contributed by atoms with E-state index in [1.165, 1.54) is 0 Å². The van der Waals surface area contributed by atoms with E-state index >= 15 is 0 Å². The van der Waals surface area contributed by atoms with Gasteiger partial charge in [0.1, 0.15) is 0 Å². The van der Waals surface area contributed by atoms with Crippen molar-refractivity contribution in [2.75, 3.05) is 38.0 Å². The topological polar surface area (TPSA) is 104 Å². The Labute approximate surface area is 277 Å². The van der Waals surface area contributed by atoms with E-state index in [-0.39, 0.29) is 24.8 Å². The van der Waals surface area contributed by atoms with Crippen molar-refractivity contribution in [3.63, 3.8) is 0 Å². The van der Waals surface area contributed by atoms with Crippen molar-refractivity contribution in [3.8, 4) is 11.8 Å². The van der Waals surface area contributed by atoms with E-state index in [0.29, 0.717) is 56.1 Å². The van der Waals surface area contributed by atoms with E-state index < -0.39 is 5.92 Å². The van der Waals surface area contributed by atoms with Gasteiger partial charge in [0.2, 0.25) is 0 Å². The minimum absolute atomic E-state index is 0.141. The maximum atomic E-state index is 13.4. The third-order valence-electron chi connectivity index (χ3n) is 7.59. The largest absolute Gasteiger partial charge is 0.351 e. The predicted octanol–water partition coefficient (Wildman–Crippen LogP) is 5.33. The van der Waals surface area contributed by atoms with Gasteiger partial charge < -0.3 is 20.9 Å². The molecule has 47 heavy (non-hydrogen) atoms. The zero-order valence-corrected chi connectivity index (χ0v) is 27.0. The molecule has 0 saturated carbocycles. The number of carbonyl (C=O) groups is 2. The van der Waals surface area contributed by atoms with Gasteiger partial charge >= 0.3 is 6.03 Å². The molecule has 0 spiro atoms. The van der Waals surface area contributed by atoms with Gasteiger partial charge in [-0.3, -0.25) is 14.5 Å². The van der Waals surface area contributed by atoms with E-state index in [0.717, 1.165) is 27.3 Å². The quantitative estimate of drug-likeness (QED) is 0.149. The third kappa shape index (κ3) is 10.7. The van der Waals surface area contributed by atoms with Crippen molar-refractivity contribution in [1.82, 2.24) is 30.3 Å². The number of benzene rings is 2. The Hall–Kier alpha value is -4.73. The molecule has 2 aromatic heterocycles. The number of thioether (sulfide) groups is 1. The molecule has 0 unspecified atom stereocenters. The Kier molecular flexibility index (Phi) is 11.6. The number of hydrogen-bond donors (Lipinski definition) is 3. The molecular weight excluding hydrogens is 620 g/mol. The number of anilines is 1. The Morgan fingerprint density at radius 1 is 1.00 bits per heavy atom. The number of nitrogens with one attached hydrogen (secondary N) is 3. The molecule has 3 heterocycles. The molecule has 0 bridgehead atoms. The zero-order chi connectivity index (χ0) is 33.1. The summed E-state index contributed by atoms with van der Waals surface area (Å²) in [6, 6.07) is 18.1. The second-order valence-electron chi connectivity index (χ2n) is 11.3. The summed E-state index contributed by atoms with van der Waals surface area (Å²) in [5, 5.41) is 13.1. The highest BCUT2D eigenvalue weighted by atomic mass is 32.2. The van der Waals surface area contributed by atoms with Crippen LogP contribution in [0.2, 0.25) is 0 Å². The number of carbonyl (C=O) groups excluding carboxylic acids is 2. The highest BCUT2D eigenvalue weighted by Gasteiger charge is 2.33. The lowest BCUT2D eigenvalue weighted by atomic mass is 10.1. The molecule has 1 fully saturated rings. The van der Waals surface area contributed by atoms with Gasteiger partial charge in [-0.1, -0.05) is 17.9 Å². The fourth-order valence-electron chi connectivity index (χ4n) is 4.94. The molecule has 9 nitrogen and oxygen atoms in total. The summed E-state index contributed by atoms with van der Waals surface area (Å²) in [5.41, 5.74) is 4.56. The minimum Gasteiger partial charge on any atom is -0.351 e. The van der Waals surface area contributed by atoms with Crippen molar-refractivity contribution in [3.05, 3.63) is 107 Å². The predicted molar refractivity (Wildman–Crippen MR) is 180 cm³/mol. The second-order valence-corrected chi connectivity index (χ2v) is 12.3. The van der Waals surface area contributed by atoms with Gasteiger partial charge in [-0.05, 0) is 66.6 Å². The van der Waals surface area contributed by atoms with Crippen LogP contribution in [0, 0.1) is 11.8 Å². The van der Waals surface area contributed by atoms with Gasteiger partial charge in [0.25, 0.3) is 11.8 Å². The van der Waals surface area contributed by atoms with E-state index in [1.807, 2.05) is 54.5 Å². The number of aromatic nitrogens is 3. The molecule has 1 aliphatic heterocycles. The third-order valence-corrected chi connectivity index (χ3v) is 8.70. The fourth-order valence-corrected chi connectivity index (χ4v) is 5.83. The van der Waals surface area contributed by atoms with Gasteiger partial charge in [-0.2, -0.15) is 5.10 Å². The monoisotopic (exact) mass is 657 g/mol. The molecule has 4 aromatic rings. The van der Waals surface area contributed by atoms with Crippen LogP contribution in [0.3, 0.4) is 0 Å². The van der Waals surface area contributed by atoms with Crippen molar-refractivity contribution >= 4 is 29.4 Å². The Morgan fingerprint density at radius 3 is 2.53 bits per heavy atom. The second kappa shape index (κ2) is 16.2. The summed E-state index contributed by atoms with van der Waals surface area (Å²) >= 11 is 1.61. The smallest absolute Gasteiger partial charge is 0.319 e. The molecule has 3 amide bonds. The van der Waals surface area contributed by atoms with Gasteiger partial charge in [0.05, 0.1) is 5.69 Å². The maximum Gasteiger partial charge on any atom is 0.319 e. The lowest BCUT2D eigenvalue weighted by Crippen LogP contribution is -2.43. The summed E-state index contributed by atoms with van der Waals surface area (Å²) in [6.45, 7) is 2.05. The SMILES string of the molecule is Cn1ccc(CSc2ccc(NC(=O)NCCc3cccnc3)cc2C#Cc2ccc(C(=O)NCCN3CCC(F)(F)CC3)cc2)n1. The molecule has 0 aliphatic carbocycles. The number of amides is 3. The molecule has 2 aromatic carbocycles. The van der Waals surface area contributed by atoms with E-state index in [9.17, 15) is 18.4 Å². The Balaban J connectivity index is 1.20. The lowest BCUT2D eigenvalue weighted by Gasteiger charge is -2.31. The highest BCUT2D eigenvalue weighted by molar-refractivity contribution is 7.98. The number of likely N-dealkylation sites (tertiary alicyclic amines) is 1. The first-order valence-corrected chi connectivity index (χ1v) is 16.4. The van der Waals surface area contributed by atoms with E-state index in [2.05, 4.69) is 37.9 Å². The van der Waals surface area contributed by atoms with E-state index in [1.54, 1.807) is 53.1 Å². The number of rotatable bonds is 11. The molecule has 1 saturated heterocycles. The number of halogens is 2. The minimum atomic E-state index is -2.58. The van der Waals surface area contributed by atoms with Crippen LogP contribution >= 0.6 is 11.8 Å². The number of pyridine rings is 1. The van der Waals surface area contributed by atoms with Gasteiger partial charge in [0, 0.05) is 104 Å². The standard InChI is InChI=1S/C35H37F2N7O2S/c1-43-19-13-31(42-43)25-47-32-11-10-30(41-34(46)40-17-12-27-3-2-16-38-24-27)23-29(32)9-6-26-4-7-28(8-5-26)33(45)39-18-22-44-20-14-35(36,37)15-21-44/h2-5,7-8,10-11,13,16,19,23-24H,12,14-15,17-18,20-22,25H2,1H3,(H,39,45)(H2,40,41,46). The van der Waals surface area contributed by atoms with Crippen LogP contribution < -0.4 is 16.0 Å². The van der Waals surface area contributed by atoms with Crippen LogP contribution in [-0.4, -0.2) is 70.2 Å². The summed E-state index contributed by atoms with van der Waals surface area (Å²) in [6.07, 6.45) is 5.78. The summed E-state index contributed by atoms with van der Waals surface area (Å²) in [5.74, 6) is 4.27. The molecule has 12 heteroatoms. The fraction of sp³-hybridized carbons (Fsp3) is 0.314. The van der Waals surface area contributed by atoms with Crippen LogP contribution in [0.5, 0.6) is 0 Å². The Bertz CT molecular complexity index is 1710. The molecule has 1 aliphatic rings. The number of piperidine rings is 1. The van der Waals surface area contributed by atoms with Gasteiger partial charge in [0.15, 0.2) is 0 Å². The number of hydrogen-bond acceptors (Lipinski definition) is 6. The molecule has 244 valence electrons. The first kappa shape index (κ1) is 33.6. The molecular formula is C35H37F2N7O2S. The molecule has 3 N–H and O–H groups in total. The zero-order valence-electron chi connectivity index (χ0n) is 26.1. The number of alkyl halides is 2. The lowest BCUT2D eigenvalue weighted by molar-refractivity contribution is -0.0547. The van der Waals surface area contributed by atoms with Crippen LogP contribution in [-0.2, 0) is 19.2 Å². The summed E-state index contributed by atoms with van der Waals surface area (Å²) in [7, 11) is 1.88. The highest BCUT2D eigenvalue weighted by Crippen LogP contribution is 2.29. The molecule has 0 atom stereocenters. The van der Waals surface area contributed by atoms with Crippen LogP contribution in [0.15, 0.2) is 84.1 Å². The molecule has 0 radical (unpaired) electrons. The van der Waals surface area contributed by atoms with Crippen molar-refractivity contribution < 1.29 is 18.4 Å². The maximum absolute atomic E-state index is 13.4. The first-order valence-electron chi connectivity index (χ1n) is 15.4. The normalized spacial score (nSPS) is 14.1. The number of aryl methyl sites for hydroxylation is 1. The van der Waals surface area contributed by atoms with Crippen molar-refractivity contribution in [1.29, 1.82) is 0 Å². The van der Waals surface area contributed by atoms with Gasteiger partial charge in [-0.25, -0.2) is 13.6 Å². The number of nitrogens with zero attached hydrogens (tertiary/aromatic N) is 4. The average molecular weight is 658 g/mol. The summed E-state index contributed by atoms with van der Waals surface area (Å²) in [4.78, 5) is 32.2. The van der Waals surface area contributed by atoms with Gasteiger partial charge in [-0.15, -0.1) is 11.8 Å². The first-order chi connectivity index (χ1) is 22.7. The van der Waals surface area contributed by atoms with Crippen molar-refractivity contribution in [2.45, 2.75) is 35.8 Å². The number of urea groups is 1. The average Bonchev–Trinajstić information content (AvgIpc) is 3.49. The summed E-state index contributed by atoms with van der Waals surface area (Å²) < 4.78 is 28.5.